The average molecular weight is 176 g/mol. The van der Waals surface area contributed by atoms with Gasteiger partial charge in [-0.2, -0.15) is 0 Å². The molecule has 0 aromatic rings. The fourth-order valence-electron chi connectivity index (χ4n) is 1.77. The molecule has 0 aromatic heterocycles. The first-order valence-corrected chi connectivity index (χ1v) is 4.47. The van der Waals surface area contributed by atoms with Crippen molar-refractivity contribution in [3.05, 3.63) is 35.1 Å². The number of hydrogen-bond donors (Lipinski definition) is 0. The van der Waals surface area contributed by atoms with Gasteiger partial charge < -0.3 is 4.74 Å². The Morgan fingerprint density at radius 3 is 3.00 bits per heavy atom. The smallest absolute Gasteiger partial charge is 0.159 e. The molecule has 2 nitrogen and oxygen atoms in total. The molecule has 0 radical (unpaired) electrons. The van der Waals surface area contributed by atoms with Crippen LogP contribution in [0.5, 0.6) is 0 Å². The van der Waals surface area contributed by atoms with Gasteiger partial charge in [0.1, 0.15) is 5.76 Å². The highest BCUT2D eigenvalue weighted by Crippen LogP contribution is 2.30. The van der Waals surface area contributed by atoms with Gasteiger partial charge in [0.15, 0.2) is 5.78 Å². The number of hydrogen-bond acceptors (Lipinski definition) is 2. The Morgan fingerprint density at radius 2 is 2.23 bits per heavy atom. The summed E-state index contributed by atoms with van der Waals surface area (Å²) >= 11 is 0. The summed E-state index contributed by atoms with van der Waals surface area (Å²) in [5.74, 6) is 1.15. The van der Waals surface area contributed by atoms with Crippen molar-refractivity contribution < 1.29 is 9.53 Å². The van der Waals surface area contributed by atoms with E-state index in [0.717, 1.165) is 17.8 Å². The average Bonchev–Trinajstić information content (AvgIpc) is 2.41. The maximum absolute atomic E-state index is 11.4. The number of methoxy groups -OCH3 is 1. The summed E-state index contributed by atoms with van der Waals surface area (Å²) in [4.78, 5) is 11.4. The van der Waals surface area contributed by atoms with Gasteiger partial charge in [-0.1, -0.05) is 12.2 Å². The molecule has 0 heterocycles. The largest absolute Gasteiger partial charge is 0.501 e. The van der Waals surface area contributed by atoms with Gasteiger partial charge in [-0.3, -0.25) is 4.79 Å². The van der Waals surface area contributed by atoms with Crippen LogP contribution in [-0.2, 0) is 9.53 Å². The van der Waals surface area contributed by atoms with E-state index in [1.54, 1.807) is 7.11 Å². The summed E-state index contributed by atoms with van der Waals surface area (Å²) in [5.41, 5.74) is 2.13. The van der Waals surface area contributed by atoms with Gasteiger partial charge in [0.25, 0.3) is 0 Å². The van der Waals surface area contributed by atoms with Gasteiger partial charge in [-0.05, 0) is 18.1 Å². The van der Waals surface area contributed by atoms with Crippen LogP contribution in [0.3, 0.4) is 0 Å². The topological polar surface area (TPSA) is 26.3 Å². The number of rotatable bonds is 1. The molecule has 0 atom stereocenters. The normalized spacial score (nSPS) is 21.3. The number of carbonyl (C=O) groups is 1. The van der Waals surface area contributed by atoms with Crippen molar-refractivity contribution in [3.8, 4) is 0 Å². The Kier molecular flexibility index (Phi) is 2.05. The zero-order valence-corrected chi connectivity index (χ0v) is 7.67. The molecule has 0 unspecified atom stereocenters. The third-order valence-electron chi connectivity index (χ3n) is 2.54. The van der Waals surface area contributed by atoms with E-state index in [1.807, 2.05) is 18.2 Å². The highest BCUT2D eigenvalue weighted by atomic mass is 16.5. The maximum atomic E-state index is 11.4. The minimum absolute atomic E-state index is 0.282. The molecule has 0 bridgehead atoms. The first-order valence-electron chi connectivity index (χ1n) is 4.47. The van der Waals surface area contributed by atoms with Crippen LogP contribution >= 0.6 is 0 Å². The van der Waals surface area contributed by atoms with Gasteiger partial charge in [0.05, 0.1) is 7.11 Å². The van der Waals surface area contributed by atoms with E-state index < -0.39 is 0 Å². The Hall–Kier alpha value is -1.31. The molecule has 0 spiro atoms. The molecule has 0 N–H and O–H groups in total. The van der Waals surface area contributed by atoms with Gasteiger partial charge in [-0.25, -0.2) is 0 Å². The van der Waals surface area contributed by atoms with Crippen LogP contribution in [0.15, 0.2) is 35.1 Å². The second kappa shape index (κ2) is 3.21. The van der Waals surface area contributed by atoms with E-state index >= 15 is 0 Å². The van der Waals surface area contributed by atoms with E-state index in [1.165, 1.54) is 5.57 Å². The van der Waals surface area contributed by atoms with Crippen molar-refractivity contribution in [1.29, 1.82) is 0 Å². The first-order chi connectivity index (χ1) is 6.31. The molecule has 13 heavy (non-hydrogen) atoms. The fourth-order valence-corrected chi connectivity index (χ4v) is 1.77. The van der Waals surface area contributed by atoms with Crippen LogP contribution in [0.1, 0.15) is 19.3 Å². The summed E-state index contributed by atoms with van der Waals surface area (Å²) < 4.78 is 5.15. The molecular weight excluding hydrogens is 164 g/mol. The molecule has 2 rings (SSSR count). The molecule has 68 valence electrons. The zero-order valence-electron chi connectivity index (χ0n) is 7.67. The van der Waals surface area contributed by atoms with E-state index in [0.29, 0.717) is 12.8 Å². The monoisotopic (exact) mass is 176 g/mol. The Labute approximate surface area is 77.6 Å². The second-order valence-corrected chi connectivity index (χ2v) is 3.30. The number of allylic oxidation sites excluding steroid dienone is 5. The lowest BCUT2D eigenvalue weighted by Crippen LogP contribution is -1.98. The van der Waals surface area contributed by atoms with Crippen LogP contribution < -0.4 is 0 Å². The van der Waals surface area contributed by atoms with Crippen LogP contribution in [0, 0.1) is 0 Å². The third-order valence-corrected chi connectivity index (χ3v) is 2.54. The van der Waals surface area contributed by atoms with Gasteiger partial charge in [-0.15, -0.1) is 0 Å². The standard InChI is InChI=1S/C11H12O2/c1-13-9-4-2-3-8-5-6-11(12)10(8)7-9/h2-4H,5-7H2,1H3. The molecule has 2 heteroatoms. The molecule has 2 aliphatic rings. The predicted octanol–water partition coefficient (Wildman–Crippen LogP) is 2.14. The van der Waals surface area contributed by atoms with Crippen LogP contribution in [0.25, 0.3) is 0 Å². The summed E-state index contributed by atoms with van der Waals surface area (Å²) in [7, 11) is 1.64. The lowest BCUT2D eigenvalue weighted by atomic mass is 10.1. The second-order valence-electron chi connectivity index (χ2n) is 3.30. The summed E-state index contributed by atoms with van der Waals surface area (Å²) in [6, 6.07) is 0. The highest BCUT2D eigenvalue weighted by molar-refractivity contribution is 5.99. The van der Waals surface area contributed by atoms with Crippen LogP contribution in [-0.4, -0.2) is 12.9 Å². The van der Waals surface area contributed by atoms with Crippen molar-refractivity contribution in [1.82, 2.24) is 0 Å². The molecule has 2 aliphatic carbocycles. The lowest BCUT2D eigenvalue weighted by molar-refractivity contribution is -0.115. The SMILES string of the molecule is COC1=CC=CC2=C(C1)C(=O)CC2. The van der Waals surface area contributed by atoms with E-state index in [2.05, 4.69) is 0 Å². The minimum atomic E-state index is 0.282. The number of ether oxygens (including phenoxy) is 1. The van der Waals surface area contributed by atoms with Crippen molar-refractivity contribution >= 4 is 5.78 Å². The fraction of sp³-hybridized carbons (Fsp3) is 0.364. The molecule has 0 aromatic carbocycles. The van der Waals surface area contributed by atoms with Gasteiger partial charge >= 0.3 is 0 Å². The number of Topliss-reactive ketones (excluding diaryl/α,β-unsaturated/α-hetero) is 1. The van der Waals surface area contributed by atoms with Crippen molar-refractivity contribution in [2.24, 2.45) is 0 Å². The lowest BCUT2D eigenvalue weighted by Gasteiger charge is -2.04. The maximum Gasteiger partial charge on any atom is 0.159 e. The molecule has 0 fully saturated rings. The zero-order chi connectivity index (χ0) is 9.26. The summed E-state index contributed by atoms with van der Waals surface area (Å²) in [6.07, 6.45) is 8.14. The first kappa shape index (κ1) is 8.30. The van der Waals surface area contributed by atoms with E-state index in [-0.39, 0.29) is 5.78 Å². The summed E-state index contributed by atoms with van der Waals surface area (Å²) in [6.45, 7) is 0. The van der Waals surface area contributed by atoms with Crippen molar-refractivity contribution in [2.75, 3.05) is 7.11 Å². The Morgan fingerprint density at radius 1 is 1.38 bits per heavy atom. The van der Waals surface area contributed by atoms with Crippen molar-refractivity contribution in [2.45, 2.75) is 19.3 Å². The summed E-state index contributed by atoms with van der Waals surface area (Å²) in [5, 5.41) is 0. The number of ketones is 1. The van der Waals surface area contributed by atoms with Crippen LogP contribution in [0.4, 0.5) is 0 Å². The Bertz CT molecular complexity index is 332. The quantitative estimate of drug-likeness (QED) is 0.611. The number of carbonyl (C=O) groups excluding carboxylic acids is 1. The highest BCUT2D eigenvalue weighted by Gasteiger charge is 2.23. The van der Waals surface area contributed by atoms with Crippen molar-refractivity contribution in [3.63, 3.8) is 0 Å². The van der Waals surface area contributed by atoms with Crippen LogP contribution in [0.2, 0.25) is 0 Å². The molecule has 0 saturated heterocycles. The minimum Gasteiger partial charge on any atom is -0.501 e. The van der Waals surface area contributed by atoms with Gasteiger partial charge in [0, 0.05) is 18.4 Å². The van der Waals surface area contributed by atoms with E-state index in [9.17, 15) is 4.79 Å². The molecule has 0 saturated carbocycles. The molecular formula is C11H12O2. The Balaban J connectivity index is 2.32. The molecule has 0 aliphatic heterocycles. The van der Waals surface area contributed by atoms with Gasteiger partial charge in [0.2, 0.25) is 0 Å². The predicted molar refractivity (Wildman–Crippen MR) is 50.1 cm³/mol. The third kappa shape index (κ3) is 1.44. The van der Waals surface area contributed by atoms with E-state index in [4.69, 9.17) is 4.74 Å². The molecule has 0 amide bonds.